The predicted molar refractivity (Wildman–Crippen MR) is 164 cm³/mol. The van der Waals surface area contributed by atoms with Crippen LogP contribution in [0.25, 0.3) is 22.0 Å². The van der Waals surface area contributed by atoms with Crippen molar-refractivity contribution in [3.05, 3.63) is 59.4 Å². The molecule has 7 rings (SSSR count). The van der Waals surface area contributed by atoms with Crippen LogP contribution in [0.1, 0.15) is 50.2 Å². The molecule has 1 aromatic heterocycles. The first-order valence-electron chi connectivity index (χ1n) is 15.9. The summed E-state index contributed by atoms with van der Waals surface area (Å²) in [7, 11) is 0. The van der Waals surface area contributed by atoms with Crippen LogP contribution in [0.15, 0.2) is 36.7 Å². The summed E-state index contributed by atoms with van der Waals surface area (Å²) in [6.07, 6.45) is 4.72. The second-order valence-electron chi connectivity index (χ2n) is 13.0. The highest BCUT2D eigenvalue weighted by Crippen LogP contribution is 2.42. The summed E-state index contributed by atoms with van der Waals surface area (Å²) >= 11 is 0. The molecule has 0 saturated carbocycles. The number of fused-ring (bicyclic) bond motifs is 3. The number of aryl methyl sites for hydroxylation is 1. The Hall–Kier alpha value is -3.73. The average molecular weight is 624 g/mol. The Bertz CT molecular complexity index is 1680. The van der Waals surface area contributed by atoms with Crippen molar-refractivity contribution in [3.63, 3.8) is 0 Å². The predicted octanol–water partition coefficient (Wildman–Crippen LogP) is 5.93. The summed E-state index contributed by atoms with van der Waals surface area (Å²) in [5.74, 6) is -3.06. The average Bonchev–Trinajstić information content (AvgIpc) is 3.55. The maximum atomic E-state index is 16.7. The molecule has 3 fully saturated rings. The molecule has 1 aliphatic carbocycles. The maximum Gasteiger partial charge on any atom is 0.319 e. The van der Waals surface area contributed by atoms with E-state index in [4.69, 9.17) is 4.74 Å². The van der Waals surface area contributed by atoms with Crippen molar-refractivity contribution in [1.29, 1.82) is 0 Å². The Labute approximate surface area is 259 Å². The summed E-state index contributed by atoms with van der Waals surface area (Å²) in [6, 6.07) is 6.45. The van der Waals surface area contributed by atoms with Crippen molar-refractivity contribution in [2.45, 2.75) is 69.6 Å². The van der Waals surface area contributed by atoms with Gasteiger partial charge in [-0.15, -0.1) is 0 Å². The van der Waals surface area contributed by atoms with Gasteiger partial charge in [0.25, 0.3) is 5.91 Å². The van der Waals surface area contributed by atoms with E-state index in [2.05, 4.69) is 21.4 Å². The number of aromatic nitrogens is 2. The topological polar surface area (TPSA) is 61.8 Å². The molecule has 4 aliphatic rings. The molecule has 0 unspecified atom stereocenters. The fourth-order valence-corrected chi connectivity index (χ4v) is 7.98. The van der Waals surface area contributed by atoms with E-state index in [1.165, 1.54) is 11.0 Å². The summed E-state index contributed by atoms with van der Waals surface area (Å²) in [6.45, 7) is 6.83. The number of piperazine rings is 1. The Morgan fingerprint density at radius 2 is 1.93 bits per heavy atom. The Kier molecular flexibility index (Phi) is 7.70. The lowest BCUT2D eigenvalue weighted by atomic mass is 9.85. The molecule has 3 aliphatic heterocycles. The van der Waals surface area contributed by atoms with E-state index < -0.39 is 35.1 Å². The lowest BCUT2D eigenvalue weighted by Crippen LogP contribution is -2.54. The number of amides is 1. The largest absolute Gasteiger partial charge is 0.461 e. The molecule has 0 bridgehead atoms. The van der Waals surface area contributed by atoms with Gasteiger partial charge in [0.05, 0.1) is 11.1 Å². The number of halogens is 4. The van der Waals surface area contributed by atoms with Gasteiger partial charge in [-0.25, -0.2) is 17.6 Å². The molecule has 2 aromatic carbocycles. The van der Waals surface area contributed by atoms with Crippen LogP contribution in [0.2, 0.25) is 0 Å². The number of hydrogen-bond donors (Lipinski definition) is 0. The highest BCUT2D eigenvalue weighted by atomic mass is 19.1. The smallest absolute Gasteiger partial charge is 0.319 e. The van der Waals surface area contributed by atoms with E-state index >= 15 is 8.78 Å². The lowest BCUT2D eigenvalue weighted by Gasteiger charge is -2.40. The van der Waals surface area contributed by atoms with Crippen LogP contribution in [-0.4, -0.2) is 82.8 Å². The number of alkyl halides is 1. The summed E-state index contributed by atoms with van der Waals surface area (Å²) < 4.78 is 67.1. The monoisotopic (exact) mass is 623 g/mol. The number of benzene rings is 2. The highest BCUT2D eigenvalue weighted by Gasteiger charge is 2.49. The molecule has 3 saturated heterocycles. The van der Waals surface area contributed by atoms with Crippen LogP contribution >= 0.6 is 0 Å². The summed E-state index contributed by atoms with van der Waals surface area (Å²) in [5, 5.41) is 0.178. The van der Waals surface area contributed by atoms with Crippen LogP contribution in [0.4, 0.5) is 23.4 Å². The third-order valence-corrected chi connectivity index (χ3v) is 10.2. The molecule has 3 atom stereocenters. The SMILES string of the molecule is C=C(F)C(=O)N1CCN(c2nc(OC[C@@]34CCCN3C[C@H](F)C4)nc3c(F)c(-c4cccc5c4CCCC5)c(F)cc23)[C@@H](C)C1. The lowest BCUT2D eigenvalue weighted by molar-refractivity contribution is -0.129. The van der Waals surface area contributed by atoms with Gasteiger partial charge in [-0.3, -0.25) is 9.69 Å². The minimum atomic E-state index is -1.04. The molecule has 1 amide bonds. The molecular formula is C34H37F4N5O2. The van der Waals surface area contributed by atoms with Crippen LogP contribution < -0.4 is 9.64 Å². The van der Waals surface area contributed by atoms with Crippen LogP contribution in [-0.2, 0) is 17.6 Å². The van der Waals surface area contributed by atoms with Gasteiger partial charge in [-0.1, -0.05) is 24.8 Å². The van der Waals surface area contributed by atoms with Gasteiger partial charge in [0, 0.05) is 44.0 Å². The number of ether oxygens (including phenoxy) is 1. The number of rotatable bonds is 6. The van der Waals surface area contributed by atoms with Gasteiger partial charge in [-0.05, 0) is 74.8 Å². The van der Waals surface area contributed by atoms with E-state index in [9.17, 15) is 13.6 Å². The number of nitrogens with zero attached hydrogens (tertiary/aromatic N) is 5. The first-order valence-corrected chi connectivity index (χ1v) is 15.9. The highest BCUT2D eigenvalue weighted by molar-refractivity contribution is 5.95. The molecule has 11 heteroatoms. The van der Waals surface area contributed by atoms with Gasteiger partial charge < -0.3 is 14.5 Å². The quantitative estimate of drug-likeness (QED) is 0.251. The Morgan fingerprint density at radius 1 is 1.11 bits per heavy atom. The van der Waals surface area contributed by atoms with Crippen molar-refractivity contribution in [2.75, 3.05) is 44.2 Å². The minimum absolute atomic E-state index is 0.0711. The summed E-state index contributed by atoms with van der Waals surface area (Å²) in [4.78, 5) is 26.8. The summed E-state index contributed by atoms with van der Waals surface area (Å²) in [5.41, 5.74) is 1.92. The third-order valence-electron chi connectivity index (χ3n) is 10.2. The molecule has 0 radical (unpaired) electrons. The van der Waals surface area contributed by atoms with Crippen LogP contribution in [0.5, 0.6) is 6.01 Å². The first-order chi connectivity index (χ1) is 21.6. The van der Waals surface area contributed by atoms with Crippen molar-refractivity contribution in [2.24, 2.45) is 0 Å². The van der Waals surface area contributed by atoms with Crippen molar-refractivity contribution in [3.8, 4) is 17.1 Å². The fraction of sp³-hybridized carbons (Fsp3) is 0.500. The van der Waals surface area contributed by atoms with E-state index in [1.807, 2.05) is 24.0 Å². The van der Waals surface area contributed by atoms with E-state index in [-0.39, 0.29) is 60.6 Å². The van der Waals surface area contributed by atoms with Gasteiger partial charge >= 0.3 is 6.01 Å². The minimum Gasteiger partial charge on any atom is -0.461 e. The molecule has 7 nitrogen and oxygen atoms in total. The molecule has 3 aromatic rings. The standard InChI is InChI=1S/C34H37F4N5O2/c1-20-17-41(32(44)21(2)35)13-14-43(20)31-26-15-27(37)28(25-10-5-8-22-7-3-4-9-24(22)25)29(38)30(26)39-33(40-31)45-19-34-11-6-12-42(34)18-23(36)16-34/h5,8,10,15,20,23H,2-4,6-7,9,11-14,16-19H2,1H3/t20-,23+,34-/m0/s1. The van der Waals surface area contributed by atoms with Crippen LogP contribution in [0, 0.1) is 11.6 Å². The van der Waals surface area contributed by atoms with Gasteiger partial charge in [0.15, 0.2) is 11.6 Å². The zero-order chi connectivity index (χ0) is 31.5. The van der Waals surface area contributed by atoms with Gasteiger partial charge in [0.2, 0.25) is 0 Å². The molecule has 0 N–H and O–H groups in total. The molecule has 0 spiro atoms. The second kappa shape index (κ2) is 11.6. The number of anilines is 1. The number of carbonyl (C=O) groups excluding carboxylic acids is 1. The molecule has 238 valence electrons. The Morgan fingerprint density at radius 3 is 2.73 bits per heavy atom. The van der Waals surface area contributed by atoms with Gasteiger partial charge in [-0.2, -0.15) is 9.97 Å². The fourth-order valence-electron chi connectivity index (χ4n) is 7.98. The number of hydrogen-bond acceptors (Lipinski definition) is 6. The molecule has 4 heterocycles. The second-order valence-corrected chi connectivity index (χ2v) is 13.0. The van der Waals surface area contributed by atoms with Crippen LogP contribution in [0.3, 0.4) is 0 Å². The Balaban J connectivity index is 1.32. The van der Waals surface area contributed by atoms with Crippen molar-refractivity contribution >= 4 is 22.6 Å². The van der Waals surface area contributed by atoms with Gasteiger partial charge in [0.1, 0.15) is 29.9 Å². The zero-order valence-corrected chi connectivity index (χ0v) is 25.4. The van der Waals surface area contributed by atoms with E-state index in [0.717, 1.165) is 56.2 Å². The zero-order valence-electron chi connectivity index (χ0n) is 25.4. The van der Waals surface area contributed by atoms with Crippen molar-refractivity contribution in [1.82, 2.24) is 19.8 Å². The first kappa shape index (κ1) is 30.0. The van der Waals surface area contributed by atoms with E-state index in [0.29, 0.717) is 18.5 Å². The molecular weight excluding hydrogens is 586 g/mol. The number of carbonyl (C=O) groups is 1. The molecule has 45 heavy (non-hydrogen) atoms. The third kappa shape index (κ3) is 5.22. The normalized spacial score (nSPS) is 25.0. The van der Waals surface area contributed by atoms with E-state index in [1.54, 1.807) is 6.07 Å². The van der Waals surface area contributed by atoms with Crippen molar-refractivity contribution < 1.29 is 27.1 Å². The maximum absolute atomic E-state index is 16.7.